The number of benzene rings is 1. The lowest BCUT2D eigenvalue weighted by atomic mass is 9.88. The Morgan fingerprint density at radius 2 is 1.56 bits per heavy atom. The first kappa shape index (κ1) is 20.8. The molecule has 0 N–H and O–H groups in total. The van der Waals surface area contributed by atoms with Crippen molar-refractivity contribution >= 4 is 17.9 Å². The molecule has 1 aromatic carbocycles. The summed E-state index contributed by atoms with van der Waals surface area (Å²) in [5.41, 5.74) is -0.371. The number of hydrogen-bond donors (Lipinski definition) is 0. The third-order valence-corrected chi connectivity index (χ3v) is 4.84. The van der Waals surface area contributed by atoms with Gasteiger partial charge in [-0.15, -0.1) is 0 Å². The minimum absolute atomic E-state index is 0.0971. The maximum absolute atomic E-state index is 12.9. The van der Waals surface area contributed by atoms with Crippen molar-refractivity contribution in [2.24, 2.45) is 5.92 Å². The molecule has 0 bridgehead atoms. The smallest absolute Gasteiger partial charge is 0.338 e. The van der Waals surface area contributed by atoms with Crippen molar-refractivity contribution in [3.8, 4) is 0 Å². The molecular formula is C19H21F2O6-. The molecule has 1 saturated carbocycles. The summed E-state index contributed by atoms with van der Waals surface area (Å²) >= 11 is 0. The molecule has 0 amide bonds. The Morgan fingerprint density at radius 3 is 2.00 bits per heavy atom. The predicted molar refractivity (Wildman–Crippen MR) is 88.1 cm³/mol. The highest BCUT2D eigenvalue weighted by Gasteiger charge is 2.40. The highest BCUT2D eigenvalue weighted by Crippen LogP contribution is 2.39. The van der Waals surface area contributed by atoms with Gasteiger partial charge in [0.15, 0.2) is 6.61 Å². The minimum atomic E-state index is -4.27. The summed E-state index contributed by atoms with van der Waals surface area (Å²) in [5, 5.41) is 10.2. The predicted octanol–water partition coefficient (Wildman–Crippen LogP) is 2.35. The zero-order valence-corrected chi connectivity index (χ0v) is 15.1. The van der Waals surface area contributed by atoms with E-state index in [4.69, 9.17) is 4.74 Å². The van der Waals surface area contributed by atoms with Crippen molar-refractivity contribution in [2.75, 3.05) is 6.61 Å². The van der Waals surface area contributed by atoms with Crippen LogP contribution in [0.15, 0.2) is 24.3 Å². The summed E-state index contributed by atoms with van der Waals surface area (Å²) in [5.74, 6) is -8.38. The number of aliphatic carboxylic acids is 1. The van der Waals surface area contributed by atoms with Crippen LogP contribution in [0.1, 0.15) is 60.2 Å². The molecule has 0 aromatic heterocycles. The van der Waals surface area contributed by atoms with Crippen LogP contribution in [0.5, 0.6) is 0 Å². The molecule has 0 unspecified atom stereocenters. The van der Waals surface area contributed by atoms with Crippen LogP contribution >= 0.6 is 0 Å². The van der Waals surface area contributed by atoms with Crippen LogP contribution in [0.4, 0.5) is 8.78 Å². The normalized spacial score (nSPS) is 16.2. The summed E-state index contributed by atoms with van der Waals surface area (Å²) in [6.07, 6.45) is 3.58. The van der Waals surface area contributed by atoms with Crippen LogP contribution in [0, 0.1) is 5.92 Å². The van der Waals surface area contributed by atoms with Crippen LogP contribution in [0.2, 0.25) is 0 Å². The molecule has 0 heterocycles. The average Bonchev–Trinajstić information content (AvgIpc) is 3.09. The Balaban J connectivity index is 2.01. The second-order valence-corrected chi connectivity index (χ2v) is 6.96. The van der Waals surface area contributed by atoms with Gasteiger partial charge in [-0.25, -0.2) is 9.59 Å². The molecule has 27 heavy (non-hydrogen) atoms. The Bertz CT molecular complexity index is 705. The molecule has 1 aromatic rings. The molecule has 1 aliphatic rings. The van der Waals surface area contributed by atoms with E-state index < -0.39 is 36.0 Å². The van der Waals surface area contributed by atoms with Gasteiger partial charge in [0.25, 0.3) is 0 Å². The van der Waals surface area contributed by atoms with E-state index in [1.165, 1.54) is 24.3 Å². The Labute approximate surface area is 155 Å². The average molecular weight is 383 g/mol. The summed E-state index contributed by atoms with van der Waals surface area (Å²) in [4.78, 5) is 34.3. The standard InChI is InChI=1S/C19H22F2O6/c1-12(2)18(9-3-4-10-18)27-16(23)14-7-5-13(6-8-14)15(22)26-11-19(20,21)17(24)25/h5-8,12H,3-4,9-11H2,1-2H3,(H,24,25)/p-1. The molecule has 6 nitrogen and oxygen atoms in total. The van der Waals surface area contributed by atoms with Gasteiger partial charge >= 0.3 is 17.9 Å². The number of halogens is 2. The first-order chi connectivity index (χ1) is 12.6. The molecule has 0 saturated heterocycles. The van der Waals surface area contributed by atoms with Crippen molar-refractivity contribution < 1.29 is 37.7 Å². The molecule has 0 atom stereocenters. The van der Waals surface area contributed by atoms with Crippen LogP contribution < -0.4 is 5.11 Å². The van der Waals surface area contributed by atoms with Crippen LogP contribution in [0.25, 0.3) is 0 Å². The van der Waals surface area contributed by atoms with Crippen molar-refractivity contribution in [1.82, 2.24) is 0 Å². The van der Waals surface area contributed by atoms with Gasteiger partial charge in [0, 0.05) is 0 Å². The van der Waals surface area contributed by atoms with Gasteiger partial charge in [0.1, 0.15) is 11.6 Å². The number of carbonyl (C=O) groups excluding carboxylic acids is 3. The second-order valence-electron chi connectivity index (χ2n) is 6.96. The van der Waals surface area contributed by atoms with E-state index in [0.717, 1.165) is 25.7 Å². The highest BCUT2D eigenvalue weighted by molar-refractivity contribution is 5.93. The number of rotatable bonds is 7. The summed E-state index contributed by atoms with van der Waals surface area (Å²) in [7, 11) is 0. The Hall–Kier alpha value is -2.51. The maximum atomic E-state index is 12.9. The lowest BCUT2D eigenvalue weighted by Crippen LogP contribution is -2.45. The van der Waals surface area contributed by atoms with Gasteiger partial charge in [0.2, 0.25) is 0 Å². The van der Waals surface area contributed by atoms with E-state index in [1.807, 2.05) is 13.8 Å². The fraction of sp³-hybridized carbons (Fsp3) is 0.526. The Kier molecular flexibility index (Phi) is 6.18. The fourth-order valence-corrected chi connectivity index (χ4v) is 3.06. The van der Waals surface area contributed by atoms with Crippen LogP contribution in [-0.2, 0) is 14.3 Å². The third kappa shape index (κ3) is 4.81. The zero-order valence-electron chi connectivity index (χ0n) is 15.1. The SMILES string of the molecule is CC(C)C1(OC(=O)c2ccc(C(=O)OCC(F)(F)C(=O)[O-])cc2)CCCC1. The number of alkyl halides is 2. The molecule has 1 fully saturated rings. The molecule has 148 valence electrons. The fourth-order valence-electron chi connectivity index (χ4n) is 3.06. The molecular weight excluding hydrogens is 362 g/mol. The Morgan fingerprint density at radius 1 is 1.07 bits per heavy atom. The van der Waals surface area contributed by atoms with Gasteiger partial charge in [0.05, 0.1) is 11.1 Å². The van der Waals surface area contributed by atoms with Crippen molar-refractivity contribution in [2.45, 2.75) is 51.1 Å². The molecule has 0 aliphatic heterocycles. The number of carboxylic acid groups (broad SMARTS) is 1. The van der Waals surface area contributed by atoms with Crippen molar-refractivity contribution in [3.05, 3.63) is 35.4 Å². The van der Waals surface area contributed by atoms with E-state index in [0.29, 0.717) is 0 Å². The lowest BCUT2D eigenvalue weighted by Gasteiger charge is -2.33. The first-order valence-corrected chi connectivity index (χ1v) is 8.67. The molecule has 2 rings (SSSR count). The zero-order chi connectivity index (χ0) is 20.2. The van der Waals surface area contributed by atoms with Gasteiger partial charge in [-0.05, 0) is 55.9 Å². The largest absolute Gasteiger partial charge is 0.544 e. The van der Waals surface area contributed by atoms with Crippen LogP contribution in [0.3, 0.4) is 0 Å². The number of carboxylic acids is 1. The van der Waals surface area contributed by atoms with E-state index in [1.54, 1.807) is 0 Å². The lowest BCUT2D eigenvalue weighted by molar-refractivity contribution is -0.331. The van der Waals surface area contributed by atoms with Gasteiger partial charge < -0.3 is 19.4 Å². The summed E-state index contributed by atoms with van der Waals surface area (Å²) in [6, 6.07) is 5.12. The molecule has 0 radical (unpaired) electrons. The minimum Gasteiger partial charge on any atom is -0.544 e. The maximum Gasteiger partial charge on any atom is 0.338 e. The summed E-state index contributed by atoms with van der Waals surface area (Å²) < 4.78 is 35.8. The molecule has 0 spiro atoms. The number of ether oxygens (including phenoxy) is 2. The van der Waals surface area contributed by atoms with E-state index in [9.17, 15) is 28.3 Å². The number of esters is 2. The van der Waals surface area contributed by atoms with Crippen LogP contribution in [-0.4, -0.2) is 36.0 Å². The van der Waals surface area contributed by atoms with E-state index >= 15 is 0 Å². The third-order valence-electron chi connectivity index (χ3n) is 4.84. The highest BCUT2D eigenvalue weighted by atomic mass is 19.3. The monoisotopic (exact) mass is 383 g/mol. The summed E-state index contributed by atoms with van der Waals surface area (Å²) in [6.45, 7) is 2.37. The van der Waals surface area contributed by atoms with E-state index in [-0.39, 0.29) is 17.0 Å². The quantitative estimate of drug-likeness (QED) is 0.671. The molecule has 1 aliphatic carbocycles. The topological polar surface area (TPSA) is 92.7 Å². The van der Waals surface area contributed by atoms with Gasteiger partial charge in [-0.2, -0.15) is 8.78 Å². The number of carbonyl (C=O) groups is 3. The van der Waals surface area contributed by atoms with Gasteiger partial charge in [-0.1, -0.05) is 13.8 Å². The van der Waals surface area contributed by atoms with Gasteiger partial charge in [-0.3, -0.25) is 0 Å². The van der Waals surface area contributed by atoms with Crippen molar-refractivity contribution in [3.63, 3.8) is 0 Å². The van der Waals surface area contributed by atoms with E-state index in [2.05, 4.69) is 4.74 Å². The first-order valence-electron chi connectivity index (χ1n) is 8.67. The number of hydrogen-bond acceptors (Lipinski definition) is 6. The second kappa shape index (κ2) is 8.02. The van der Waals surface area contributed by atoms with Crippen molar-refractivity contribution in [1.29, 1.82) is 0 Å². The molecule has 8 heteroatoms.